The van der Waals surface area contributed by atoms with Gasteiger partial charge in [-0.25, -0.2) is 0 Å². The van der Waals surface area contributed by atoms with E-state index >= 15 is 0 Å². The highest BCUT2D eigenvalue weighted by Gasteiger charge is 2.35. The number of hydrogen-bond acceptors (Lipinski definition) is 0. The molecule has 0 saturated carbocycles. The van der Waals surface area contributed by atoms with Crippen LogP contribution >= 0.6 is 0 Å². The molecule has 0 unspecified atom stereocenters. The van der Waals surface area contributed by atoms with E-state index < -0.39 is 0 Å². The minimum atomic E-state index is 0.0422. The summed E-state index contributed by atoms with van der Waals surface area (Å²) in [5.41, 5.74) is 8.11. The quantitative estimate of drug-likeness (QED) is 0.321. The Bertz CT molecular complexity index is 1350. The zero-order valence-electron chi connectivity index (χ0n) is 14.9. The van der Waals surface area contributed by atoms with Crippen LogP contribution in [0.25, 0.3) is 43.7 Å². The van der Waals surface area contributed by atoms with E-state index in [9.17, 15) is 0 Å². The second-order valence-corrected chi connectivity index (χ2v) is 7.95. The van der Waals surface area contributed by atoms with E-state index in [4.69, 9.17) is 0 Å². The topological polar surface area (TPSA) is 15.8 Å². The Hall–Kier alpha value is -3.06. The van der Waals surface area contributed by atoms with Crippen molar-refractivity contribution in [1.29, 1.82) is 0 Å². The van der Waals surface area contributed by atoms with Crippen LogP contribution < -0.4 is 0 Å². The molecular weight excluding hydrogens is 314 g/mol. The number of fused-ring (bicyclic) bond motifs is 8. The van der Waals surface area contributed by atoms with Crippen LogP contribution in [-0.2, 0) is 5.41 Å². The number of benzene rings is 4. The number of hydrogen-bond donors (Lipinski definition) is 1. The van der Waals surface area contributed by atoms with Crippen LogP contribution in [0.5, 0.6) is 0 Å². The van der Waals surface area contributed by atoms with Crippen LogP contribution in [0.3, 0.4) is 0 Å². The van der Waals surface area contributed by atoms with Crippen molar-refractivity contribution in [2.24, 2.45) is 0 Å². The lowest BCUT2D eigenvalue weighted by Gasteiger charge is -2.21. The van der Waals surface area contributed by atoms with Gasteiger partial charge in [0.2, 0.25) is 0 Å². The summed E-state index contributed by atoms with van der Waals surface area (Å²) in [5.74, 6) is 0. The predicted molar refractivity (Wildman–Crippen MR) is 111 cm³/mol. The fraction of sp³-hybridized carbons (Fsp3) is 0.120. The molecule has 0 amide bonds. The third-order valence-electron chi connectivity index (χ3n) is 6.20. The van der Waals surface area contributed by atoms with Crippen LogP contribution in [0.4, 0.5) is 0 Å². The van der Waals surface area contributed by atoms with E-state index in [1.54, 1.807) is 0 Å². The highest BCUT2D eigenvalue weighted by molar-refractivity contribution is 6.17. The second kappa shape index (κ2) is 4.56. The lowest BCUT2D eigenvalue weighted by atomic mass is 9.82. The van der Waals surface area contributed by atoms with Gasteiger partial charge in [-0.05, 0) is 39.8 Å². The number of aromatic amines is 1. The molecule has 1 heterocycles. The van der Waals surface area contributed by atoms with Crippen molar-refractivity contribution in [3.8, 4) is 11.1 Å². The largest absolute Gasteiger partial charge is 0.354 e. The Balaban J connectivity index is 1.77. The Labute approximate surface area is 152 Å². The molecule has 1 aliphatic rings. The molecule has 0 saturated heterocycles. The van der Waals surface area contributed by atoms with E-state index in [2.05, 4.69) is 91.6 Å². The maximum atomic E-state index is 3.71. The second-order valence-electron chi connectivity index (χ2n) is 7.95. The molecule has 1 aromatic heterocycles. The van der Waals surface area contributed by atoms with Crippen LogP contribution in [0.2, 0.25) is 0 Å². The highest BCUT2D eigenvalue weighted by Crippen LogP contribution is 2.50. The van der Waals surface area contributed by atoms with Crippen LogP contribution in [0.1, 0.15) is 25.0 Å². The average Bonchev–Trinajstić information content (AvgIpc) is 3.14. The normalized spacial score (nSPS) is 14.8. The van der Waals surface area contributed by atoms with Crippen molar-refractivity contribution in [1.82, 2.24) is 4.98 Å². The predicted octanol–water partition coefficient (Wildman–Crippen LogP) is 6.78. The van der Waals surface area contributed by atoms with Crippen molar-refractivity contribution in [3.05, 3.63) is 83.9 Å². The molecule has 0 aliphatic heterocycles. The lowest BCUT2D eigenvalue weighted by molar-refractivity contribution is 0.661. The summed E-state index contributed by atoms with van der Waals surface area (Å²) in [6.07, 6.45) is 0. The molecule has 26 heavy (non-hydrogen) atoms. The summed E-state index contributed by atoms with van der Waals surface area (Å²) in [5, 5.41) is 5.21. The molecule has 1 heteroatoms. The zero-order valence-corrected chi connectivity index (χ0v) is 14.9. The van der Waals surface area contributed by atoms with E-state index in [1.807, 2.05) is 0 Å². The third-order valence-corrected chi connectivity index (χ3v) is 6.20. The monoisotopic (exact) mass is 333 g/mol. The summed E-state index contributed by atoms with van der Waals surface area (Å²) < 4.78 is 0. The van der Waals surface area contributed by atoms with Crippen LogP contribution in [0, 0.1) is 0 Å². The maximum Gasteiger partial charge on any atom is 0.0544 e. The average molecular weight is 333 g/mol. The first-order valence-electron chi connectivity index (χ1n) is 9.22. The number of rotatable bonds is 0. The molecule has 0 atom stereocenters. The van der Waals surface area contributed by atoms with Crippen molar-refractivity contribution in [2.45, 2.75) is 19.3 Å². The van der Waals surface area contributed by atoms with Gasteiger partial charge in [0, 0.05) is 27.1 Å². The molecule has 0 fully saturated rings. The van der Waals surface area contributed by atoms with E-state index in [0.29, 0.717) is 0 Å². The first kappa shape index (κ1) is 14.1. The molecule has 1 aliphatic carbocycles. The maximum absolute atomic E-state index is 3.71. The van der Waals surface area contributed by atoms with E-state index in [0.717, 1.165) is 0 Å². The molecule has 4 aromatic carbocycles. The van der Waals surface area contributed by atoms with Crippen molar-refractivity contribution in [2.75, 3.05) is 0 Å². The van der Waals surface area contributed by atoms with E-state index in [-0.39, 0.29) is 5.41 Å². The molecule has 0 spiro atoms. The van der Waals surface area contributed by atoms with E-state index in [1.165, 1.54) is 54.8 Å². The molecule has 0 radical (unpaired) electrons. The molecular formula is C25H19N. The van der Waals surface area contributed by atoms with Gasteiger partial charge in [0.15, 0.2) is 0 Å². The Morgan fingerprint density at radius 3 is 2.38 bits per heavy atom. The molecule has 0 bridgehead atoms. The van der Waals surface area contributed by atoms with Gasteiger partial charge in [-0.3, -0.25) is 0 Å². The van der Waals surface area contributed by atoms with Crippen molar-refractivity contribution in [3.63, 3.8) is 0 Å². The first-order chi connectivity index (χ1) is 12.6. The van der Waals surface area contributed by atoms with Crippen molar-refractivity contribution < 1.29 is 0 Å². The summed E-state index contributed by atoms with van der Waals surface area (Å²) in [4.78, 5) is 3.71. The fourth-order valence-corrected chi connectivity index (χ4v) is 4.84. The van der Waals surface area contributed by atoms with Crippen LogP contribution in [0.15, 0.2) is 72.8 Å². The van der Waals surface area contributed by atoms with Gasteiger partial charge in [0.1, 0.15) is 0 Å². The summed E-state index contributed by atoms with van der Waals surface area (Å²) in [6, 6.07) is 26.7. The Kier molecular flexibility index (Phi) is 2.48. The SMILES string of the molecule is CC1(C)c2ccccc2-c2cc3[nH]c4c5ccccc5ccc4c3cc21. The number of aromatic nitrogens is 1. The summed E-state index contributed by atoms with van der Waals surface area (Å²) in [7, 11) is 0. The van der Waals surface area contributed by atoms with Gasteiger partial charge in [0.05, 0.1) is 5.52 Å². The van der Waals surface area contributed by atoms with Crippen LogP contribution in [-0.4, -0.2) is 4.98 Å². The molecule has 124 valence electrons. The molecule has 5 aromatic rings. The zero-order chi connectivity index (χ0) is 17.5. The summed E-state index contributed by atoms with van der Waals surface area (Å²) in [6.45, 7) is 4.68. The Morgan fingerprint density at radius 2 is 1.46 bits per heavy atom. The minimum absolute atomic E-state index is 0.0422. The molecule has 1 N–H and O–H groups in total. The molecule has 6 rings (SSSR count). The molecule has 1 nitrogen and oxygen atoms in total. The minimum Gasteiger partial charge on any atom is -0.354 e. The van der Waals surface area contributed by atoms with Crippen molar-refractivity contribution >= 4 is 32.6 Å². The lowest BCUT2D eigenvalue weighted by Crippen LogP contribution is -2.14. The van der Waals surface area contributed by atoms with Gasteiger partial charge >= 0.3 is 0 Å². The Morgan fingerprint density at radius 1 is 0.654 bits per heavy atom. The number of H-pyrrole nitrogens is 1. The van der Waals surface area contributed by atoms with Gasteiger partial charge in [-0.2, -0.15) is 0 Å². The number of nitrogens with one attached hydrogen (secondary N) is 1. The van der Waals surface area contributed by atoms with Gasteiger partial charge in [-0.15, -0.1) is 0 Å². The van der Waals surface area contributed by atoms with Gasteiger partial charge < -0.3 is 4.98 Å². The summed E-state index contributed by atoms with van der Waals surface area (Å²) >= 11 is 0. The van der Waals surface area contributed by atoms with Gasteiger partial charge in [0.25, 0.3) is 0 Å². The van der Waals surface area contributed by atoms with Gasteiger partial charge in [-0.1, -0.05) is 74.5 Å². The smallest absolute Gasteiger partial charge is 0.0544 e. The highest BCUT2D eigenvalue weighted by atomic mass is 14.7. The third kappa shape index (κ3) is 1.61. The first-order valence-corrected chi connectivity index (χ1v) is 9.22. The fourth-order valence-electron chi connectivity index (χ4n) is 4.84. The standard InChI is InChI=1S/C25H19N/c1-25(2)21-10-6-5-9-17(21)19-14-23-20(13-22(19)25)18-12-11-15-7-3-4-8-16(15)24(18)26-23/h3-14,26H,1-2H3.